The summed E-state index contributed by atoms with van der Waals surface area (Å²) < 4.78 is 0. The van der Waals surface area contributed by atoms with Crippen molar-refractivity contribution in [1.29, 1.82) is 0 Å². The van der Waals surface area contributed by atoms with Gasteiger partial charge in [-0.05, 0) is 37.1 Å². The Morgan fingerprint density at radius 2 is 1.64 bits per heavy atom. The van der Waals surface area contributed by atoms with E-state index in [0.717, 1.165) is 16.7 Å². The molecular formula is C21H18N4O2S. The van der Waals surface area contributed by atoms with Crippen LogP contribution in [-0.4, -0.2) is 45.0 Å². The van der Waals surface area contributed by atoms with E-state index in [2.05, 4.69) is 15.3 Å². The molecule has 1 aliphatic carbocycles. The molecule has 28 heavy (non-hydrogen) atoms. The van der Waals surface area contributed by atoms with Crippen molar-refractivity contribution in [2.45, 2.75) is 24.0 Å². The minimum Gasteiger partial charge on any atom is -0.367 e. The van der Waals surface area contributed by atoms with Crippen molar-refractivity contribution in [2.75, 3.05) is 17.6 Å². The van der Waals surface area contributed by atoms with Crippen LogP contribution in [-0.2, 0) is 0 Å². The van der Waals surface area contributed by atoms with E-state index >= 15 is 0 Å². The molecule has 1 aromatic heterocycles. The van der Waals surface area contributed by atoms with E-state index in [1.165, 1.54) is 29.5 Å². The molecule has 1 N–H and O–H groups in total. The number of carbonyl (C=O) groups excluding carboxylic acids is 2. The summed E-state index contributed by atoms with van der Waals surface area (Å²) in [6.07, 6.45) is 2.33. The van der Waals surface area contributed by atoms with Crippen LogP contribution >= 0.6 is 11.8 Å². The third kappa shape index (κ3) is 3.11. The highest BCUT2D eigenvalue weighted by Crippen LogP contribution is 2.30. The number of fused-ring (bicyclic) bond motifs is 2. The number of nitrogens with one attached hydrogen (secondary N) is 1. The molecule has 2 amide bonds. The van der Waals surface area contributed by atoms with Crippen LogP contribution in [0.2, 0.25) is 0 Å². The number of hydrogen-bond donors (Lipinski definition) is 1. The summed E-state index contributed by atoms with van der Waals surface area (Å²) in [7, 11) is 0. The van der Waals surface area contributed by atoms with Crippen LogP contribution in [0.5, 0.6) is 0 Å². The molecule has 0 bridgehead atoms. The second-order valence-electron chi connectivity index (χ2n) is 6.95. The van der Waals surface area contributed by atoms with E-state index in [9.17, 15) is 9.59 Å². The Balaban J connectivity index is 1.31. The van der Waals surface area contributed by atoms with Crippen molar-refractivity contribution in [3.63, 3.8) is 0 Å². The SMILES string of the molecule is O=C1c2ccccc2C(=O)N1CCSc1nc(NC2CC2)c2ccccc2n1. The highest BCUT2D eigenvalue weighted by Gasteiger charge is 2.34. The number of hydrogen-bond acceptors (Lipinski definition) is 6. The lowest BCUT2D eigenvalue weighted by Crippen LogP contribution is -2.31. The standard InChI is InChI=1S/C21H18N4O2S/c26-19-14-5-1-2-6-15(14)20(27)25(19)11-12-28-21-23-17-8-4-3-7-16(17)18(24-21)22-13-9-10-13/h1-8,13H,9-12H2,(H,22,23,24). The molecule has 7 heteroatoms. The van der Waals surface area contributed by atoms with Crippen molar-refractivity contribution in [3.8, 4) is 0 Å². The molecule has 2 aromatic carbocycles. The van der Waals surface area contributed by atoms with Gasteiger partial charge in [0.05, 0.1) is 16.6 Å². The van der Waals surface area contributed by atoms with Crippen LogP contribution in [0.4, 0.5) is 5.82 Å². The lowest BCUT2D eigenvalue weighted by Gasteiger charge is -2.13. The van der Waals surface area contributed by atoms with Gasteiger partial charge < -0.3 is 5.32 Å². The molecule has 1 saturated carbocycles. The van der Waals surface area contributed by atoms with E-state index < -0.39 is 0 Å². The Kier molecular flexibility index (Phi) is 4.24. The number of anilines is 1. The van der Waals surface area contributed by atoms with Crippen LogP contribution in [0.3, 0.4) is 0 Å². The number of para-hydroxylation sites is 1. The van der Waals surface area contributed by atoms with Gasteiger partial charge in [-0.3, -0.25) is 14.5 Å². The van der Waals surface area contributed by atoms with Gasteiger partial charge in [0.1, 0.15) is 5.82 Å². The van der Waals surface area contributed by atoms with Gasteiger partial charge in [0.15, 0.2) is 5.16 Å². The number of nitrogens with zero attached hydrogens (tertiary/aromatic N) is 3. The number of carbonyl (C=O) groups is 2. The average molecular weight is 390 g/mol. The smallest absolute Gasteiger partial charge is 0.261 e. The van der Waals surface area contributed by atoms with Crippen molar-refractivity contribution >= 4 is 40.3 Å². The molecule has 0 unspecified atom stereocenters. The zero-order chi connectivity index (χ0) is 19.1. The quantitative estimate of drug-likeness (QED) is 0.394. The Morgan fingerprint density at radius 3 is 2.36 bits per heavy atom. The minimum atomic E-state index is -0.225. The van der Waals surface area contributed by atoms with E-state index in [1.54, 1.807) is 24.3 Å². The summed E-state index contributed by atoms with van der Waals surface area (Å²) in [5.41, 5.74) is 1.86. The highest BCUT2D eigenvalue weighted by molar-refractivity contribution is 7.99. The first-order valence-corrected chi connectivity index (χ1v) is 10.3. The molecule has 0 spiro atoms. The summed E-state index contributed by atoms with van der Waals surface area (Å²) in [6.45, 7) is 0.332. The third-order valence-electron chi connectivity index (χ3n) is 4.93. The number of rotatable bonds is 6. The fourth-order valence-corrected chi connectivity index (χ4v) is 4.10. The van der Waals surface area contributed by atoms with Crippen molar-refractivity contribution in [2.24, 2.45) is 0 Å². The van der Waals surface area contributed by atoms with Gasteiger partial charge in [0.2, 0.25) is 0 Å². The molecule has 1 fully saturated rings. The summed E-state index contributed by atoms with van der Waals surface area (Å²) in [4.78, 5) is 35.5. The van der Waals surface area contributed by atoms with E-state index in [0.29, 0.717) is 34.6 Å². The molecular weight excluding hydrogens is 372 g/mol. The Bertz CT molecular complexity index is 1060. The van der Waals surface area contributed by atoms with Gasteiger partial charge in [-0.2, -0.15) is 0 Å². The minimum absolute atomic E-state index is 0.225. The number of benzene rings is 2. The predicted molar refractivity (Wildman–Crippen MR) is 109 cm³/mol. The fraction of sp³-hybridized carbons (Fsp3) is 0.238. The maximum atomic E-state index is 12.5. The largest absolute Gasteiger partial charge is 0.367 e. The summed E-state index contributed by atoms with van der Waals surface area (Å²) in [5.74, 6) is 0.955. The predicted octanol–water partition coefficient (Wildman–Crippen LogP) is 3.59. The molecule has 3 aromatic rings. The van der Waals surface area contributed by atoms with Crippen LogP contribution in [0, 0.1) is 0 Å². The summed E-state index contributed by atoms with van der Waals surface area (Å²) in [6, 6.07) is 15.4. The van der Waals surface area contributed by atoms with E-state index in [1.807, 2.05) is 24.3 Å². The molecule has 140 valence electrons. The molecule has 1 aliphatic heterocycles. The van der Waals surface area contributed by atoms with Gasteiger partial charge in [-0.1, -0.05) is 36.0 Å². The number of imide groups is 1. The molecule has 6 nitrogen and oxygen atoms in total. The molecule has 0 radical (unpaired) electrons. The maximum Gasteiger partial charge on any atom is 0.261 e. The maximum absolute atomic E-state index is 12.5. The van der Waals surface area contributed by atoms with Crippen molar-refractivity contribution < 1.29 is 9.59 Å². The van der Waals surface area contributed by atoms with Crippen molar-refractivity contribution in [1.82, 2.24) is 14.9 Å². The third-order valence-corrected chi connectivity index (χ3v) is 5.75. The molecule has 0 atom stereocenters. The fourth-order valence-electron chi connectivity index (χ4n) is 3.32. The summed E-state index contributed by atoms with van der Waals surface area (Å²) >= 11 is 1.46. The number of aromatic nitrogens is 2. The second kappa shape index (κ2) is 6.91. The number of thioether (sulfide) groups is 1. The zero-order valence-corrected chi connectivity index (χ0v) is 15.9. The van der Waals surface area contributed by atoms with Crippen LogP contribution < -0.4 is 5.32 Å². The lowest BCUT2D eigenvalue weighted by atomic mass is 10.1. The molecule has 0 saturated heterocycles. The Hall–Kier alpha value is -2.93. The summed E-state index contributed by atoms with van der Waals surface area (Å²) in [5, 5.41) is 5.14. The first-order chi connectivity index (χ1) is 13.7. The molecule has 5 rings (SSSR count). The second-order valence-corrected chi connectivity index (χ2v) is 8.01. The Labute approximate surface area is 166 Å². The van der Waals surface area contributed by atoms with Gasteiger partial charge >= 0.3 is 0 Å². The lowest BCUT2D eigenvalue weighted by molar-refractivity contribution is 0.0664. The molecule has 2 heterocycles. The van der Waals surface area contributed by atoms with Gasteiger partial charge in [0.25, 0.3) is 11.8 Å². The van der Waals surface area contributed by atoms with Crippen LogP contribution in [0.25, 0.3) is 10.9 Å². The normalized spacial score (nSPS) is 15.9. The Morgan fingerprint density at radius 1 is 0.964 bits per heavy atom. The highest BCUT2D eigenvalue weighted by atomic mass is 32.2. The van der Waals surface area contributed by atoms with Gasteiger partial charge in [0, 0.05) is 23.7 Å². The van der Waals surface area contributed by atoms with Gasteiger partial charge in [-0.15, -0.1) is 0 Å². The first kappa shape index (κ1) is 17.2. The molecule has 2 aliphatic rings. The average Bonchev–Trinajstić information content (AvgIpc) is 3.50. The monoisotopic (exact) mass is 390 g/mol. The zero-order valence-electron chi connectivity index (χ0n) is 15.1. The van der Waals surface area contributed by atoms with Crippen LogP contribution in [0.15, 0.2) is 53.7 Å². The topological polar surface area (TPSA) is 75.2 Å². The van der Waals surface area contributed by atoms with E-state index in [4.69, 9.17) is 0 Å². The van der Waals surface area contributed by atoms with E-state index in [-0.39, 0.29) is 11.8 Å². The number of amides is 2. The van der Waals surface area contributed by atoms with Crippen LogP contribution in [0.1, 0.15) is 33.6 Å². The first-order valence-electron chi connectivity index (χ1n) is 9.32. The van der Waals surface area contributed by atoms with Crippen molar-refractivity contribution in [3.05, 3.63) is 59.7 Å². The van der Waals surface area contributed by atoms with Gasteiger partial charge in [-0.25, -0.2) is 9.97 Å².